The number of aromatic nitrogens is 3. The molecule has 4 rings (SSSR count). The van der Waals surface area contributed by atoms with Crippen LogP contribution >= 0.6 is 11.8 Å². The van der Waals surface area contributed by atoms with Gasteiger partial charge in [-0.25, -0.2) is 4.79 Å². The molecule has 9 heteroatoms. The maximum Gasteiger partial charge on any atom is 0.354 e. The lowest BCUT2D eigenvalue weighted by Gasteiger charge is -2.22. The molecule has 0 radical (unpaired) electrons. The van der Waals surface area contributed by atoms with Gasteiger partial charge < -0.3 is 4.74 Å². The first kappa shape index (κ1) is 24.0. The topological polar surface area (TPSA) is 98.8 Å². The summed E-state index contributed by atoms with van der Waals surface area (Å²) < 4.78 is 7.06. The van der Waals surface area contributed by atoms with E-state index in [1.54, 1.807) is 35.8 Å². The van der Waals surface area contributed by atoms with E-state index >= 15 is 0 Å². The molecule has 0 spiro atoms. The van der Waals surface area contributed by atoms with E-state index in [0.29, 0.717) is 16.7 Å². The minimum Gasteiger partial charge on any atom is -0.463 e. The molecule has 0 saturated carbocycles. The number of nitrogens with zero attached hydrogens (tertiary/aromatic N) is 5. The molecule has 176 valence electrons. The number of carbonyl (C=O) groups excluding carboxylic acids is 2. The third-order valence-corrected chi connectivity index (χ3v) is 6.29. The molecular weight excluding hydrogens is 462 g/mol. The molecule has 0 aliphatic heterocycles. The second-order valence-electron chi connectivity index (χ2n) is 7.40. The van der Waals surface area contributed by atoms with E-state index in [1.165, 1.54) is 6.92 Å². The Bertz CT molecular complexity index is 1330. The number of ether oxygens (including phenoxy) is 1. The van der Waals surface area contributed by atoms with Gasteiger partial charge in [0.1, 0.15) is 0 Å². The van der Waals surface area contributed by atoms with E-state index in [1.807, 2.05) is 66.7 Å². The third kappa shape index (κ3) is 5.20. The molecular formula is C26H23N5O3S. The van der Waals surface area contributed by atoms with E-state index in [9.17, 15) is 9.59 Å². The number of rotatable bonds is 9. The van der Waals surface area contributed by atoms with Gasteiger partial charge >= 0.3 is 5.97 Å². The van der Waals surface area contributed by atoms with Crippen LogP contribution in [0.3, 0.4) is 0 Å². The van der Waals surface area contributed by atoms with Crippen LogP contribution in [-0.4, -0.2) is 38.0 Å². The van der Waals surface area contributed by atoms with Crippen LogP contribution in [0, 0.1) is 0 Å². The molecule has 35 heavy (non-hydrogen) atoms. The summed E-state index contributed by atoms with van der Waals surface area (Å²) in [5, 5.41) is 17.5. The molecule has 1 atom stereocenters. The number of azo groups is 1. The molecule has 1 aromatic heterocycles. The second-order valence-corrected chi connectivity index (χ2v) is 8.56. The standard InChI is InChI=1S/C26H23N5O3S/c1-3-34-24(33)26(19(2)32,30-27-21-15-9-5-10-16-21)35-25-29-28-23(20-13-7-4-8-14-20)31(25)22-17-11-6-12-18-22/h4-18H,3H2,1-2H3. The fourth-order valence-corrected chi connectivity index (χ4v) is 4.29. The van der Waals surface area contributed by atoms with Crippen LogP contribution < -0.4 is 0 Å². The number of ketones is 1. The average molecular weight is 486 g/mol. The first-order chi connectivity index (χ1) is 17.0. The molecule has 0 aliphatic carbocycles. The monoisotopic (exact) mass is 485 g/mol. The highest BCUT2D eigenvalue weighted by Crippen LogP contribution is 2.39. The van der Waals surface area contributed by atoms with Crippen molar-refractivity contribution in [1.82, 2.24) is 14.8 Å². The Morgan fingerprint density at radius 1 is 0.914 bits per heavy atom. The Morgan fingerprint density at radius 3 is 2.11 bits per heavy atom. The lowest BCUT2D eigenvalue weighted by Crippen LogP contribution is -2.42. The van der Waals surface area contributed by atoms with Crippen molar-refractivity contribution in [2.45, 2.75) is 23.9 Å². The predicted octanol–water partition coefficient (Wildman–Crippen LogP) is 5.66. The van der Waals surface area contributed by atoms with Crippen LogP contribution in [0.1, 0.15) is 13.8 Å². The number of carbonyl (C=O) groups is 2. The Labute approximate surface area is 207 Å². The SMILES string of the molecule is CCOC(=O)C(N=Nc1ccccc1)(Sc1nnc(-c2ccccc2)n1-c1ccccc1)C(C)=O. The highest BCUT2D eigenvalue weighted by Gasteiger charge is 2.49. The molecule has 0 N–H and O–H groups in total. The van der Waals surface area contributed by atoms with Crippen LogP contribution in [0.5, 0.6) is 0 Å². The van der Waals surface area contributed by atoms with Crippen molar-refractivity contribution in [2.24, 2.45) is 10.2 Å². The van der Waals surface area contributed by atoms with Gasteiger partial charge in [-0.1, -0.05) is 66.7 Å². The molecule has 1 unspecified atom stereocenters. The van der Waals surface area contributed by atoms with Gasteiger partial charge in [-0.3, -0.25) is 9.36 Å². The summed E-state index contributed by atoms with van der Waals surface area (Å²) in [6.45, 7) is 3.03. The fourth-order valence-electron chi connectivity index (χ4n) is 3.29. The summed E-state index contributed by atoms with van der Waals surface area (Å²) in [5.74, 6) is -0.800. The van der Waals surface area contributed by atoms with E-state index < -0.39 is 16.6 Å². The first-order valence-corrected chi connectivity index (χ1v) is 11.8. The summed E-state index contributed by atoms with van der Waals surface area (Å²) >= 11 is 0.853. The Morgan fingerprint density at radius 2 is 1.51 bits per heavy atom. The lowest BCUT2D eigenvalue weighted by molar-refractivity contribution is -0.148. The van der Waals surface area contributed by atoms with Crippen LogP contribution in [0.2, 0.25) is 0 Å². The van der Waals surface area contributed by atoms with Gasteiger partial charge in [-0.05, 0) is 49.9 Å². The molecule has 8 nitrogen and oxygen atoms in total. The van der Waals surface area contributed by atoms with Gasteiger partial charge in [0.15, 0.2) is 16.8 Å². The van der Waals surface area contributed by atoms with E-state index in [2.05, 4.69) is 20.4 Å². The van der Waals surface area contributed by atoms with Crippen LogP contribution in [0.25, 0.3) is 17.1 Å². The molecule has 4 aromatic rings. The van der Waals surface area contributed by atoms with Crippen molar-refractivity contribution in [3.63, 3.8) is 0 Å². The third-order valence-electron chi connectivity index (χ3n) is 5.01. The van der Waals surface area contributed by atoms with Gasteiger partial charge in [-0.2, -0.15) is 5.11 Å². The predicted molar refractivity (Wildman–Crippen MR) is 134 cm³/mol. The zero-order chi connectivity index (χ0) is 24.7. The van der Waals surface area contributed by atoms with Crippen molar-refractivity contribution in [2.75, 3.05) is 6.61 Å². The van der Waals surface area contributed by atoms with Crippen LogP contribution in [0.15, 0.2) is 106 Å². The molecule has 1 heterocycles. The molecule has 0 bridgehead atoms. The maximum absolute atomic E-state index is 13.2. The van der Waals surface area contributed by atoms with Crippen LogP contribution in [-0.2, 0) is 14.3 Å². The zero-order valence-corrected chi connectivity index (χ0v) is 20.1. The second kappa shape index (κ2) is 10.9. The lowest BCUT2D eigenvalue weighted by atomic mass is 10.2. The number of hydrogen-bond donors (Lipinski definition) is 0. The minimum absolute atomic E-state index is 0.0793. The first-order valence-electron chi connectivity index (χ1n) is 11.0. The maximum atomic E-state index is 13.2. The van der Waals surface area contributed by atoms with Crippen molar-refractivity contribution >= 4 is 29.2 Å². The molecule has 0 amide bonds. The van der Waals surface area contributed by atoms with Gasteiger partial charge in [0.25, 0.3) is 4.87 Å². The summed E-state index contributed by atoms with van der Waals surface area (Å²) in [6.07, 6.45) is 0. The number of hydrogen-bond acceptors (Lipinski definition) is 8. The largest absolute Gasteiger partial charge is 0.463 e. The number of Topliss-reactive ketones (excluding diaryl/α,β-unsaturated/α-hetero) is 1. The Balaban J connectivity index is 1.86. The summed E-state index contributed by atoms with van der Waals surface area (Å²) in [5.41, 5.74) is 2.09. The molecule has 0 aliphatic rings. The van der Waals surface area contributed by atoms with Crippen molar-refractivity contribution < 1.29 is 14.3 Å². The van der Waals surface area contributed by atoms with E-state index in [4.69, 9.17) is 4.74 Å². The number of esters is 1. The van der Waals surface area contributed by atoms with Gasteiger partial charge in [0.2, 0.25) is 0 Å². The molecule has 0 saturated heterocycles. The van der Waals surface area contributed by atoms with Gasteiger partial charge in [0.05, 0.1) is 12.3 Å². The number of thioether (sulfide) groups is 1. The van der Waals surface area contributed by atoms with Crippen molar-refractivity contribution in [3.8, 4) is 17.1 Å². The van der Waals surface area contributed by atoms with Crippen LogP contribution in [0.4, 0.5) is 5.69 Å². The molecule has 0 fully saturated rings. The number of benzene rings is 3. The Hall–Kier alpha value is -4.11. The average Bonchev–Trinajstić information content (AvgIpc) is 3.31. The van der Waals surface area contributed by atoms with E-state index in [-0.39, 0.29) is 6.61 Å². The highest BCUT2D eigenvalue weighted by atomic mass is 32.2. The van der Waals surface area contributed by atoms with Gasteiger partial charge in [0, 0.05) is 11.3 Å². The highest BCUT2D eigenvalue weighted by molar-refractivity contribution is 8.02. The normalized spacial score (nSPS) is 12.9. The fraction of sp³-hybridized carbons (Fsp3) is 0.154. The van der Waals surface area contributed by atoms with Gasteiger partial charge in [-0.15, -0.1) is 15.3 Å². The summed E-state index contributed by atoms with van der Waals surface area (Å²) in [7, 11) is 0. The Kier molecular flexibility index (Phi) is 7.47. The number of para-hydroxylation sites is 1. The zero-order valence-electron chi connectivity index (χ0n) is 19.2. The molecule has 3 aromatic carbocycles. The van der Waals surface area contributed by atoms with Crippen molar-refractivity contribution in [1.29, 1.82) is 0 Å². The quantitative estimate of drug-likeness (QED) is 0.131. The van der Waals surface area contributed by atoms with E-state index in [0.717, 1.165) is 23.0 Å². The summed E-state index contributed by atoms with van der Waals surface area (Å²) in [4.78, 5) is 24.2. The smallest absolute Gasteiger partial charge is 0.354 e. The van der Waals surface area contributed by atoms with Crippen molar-refractivity contribution in [3.05, 3.63) is 91.0 Å². The summed E-state index contributed by atoms with van der Waals surface area (Å²) in [6, 6.07) is 27.9. The minimum atomic E-state index is -2.00.